The Bertz CT molecular complexity index is 552. The Labute approximate surface area is 117 Å². The number of rotatable bonds is 5. The van der Waals surface area contributed by atoms with E-state index >= 15 is 0 Å². The molecular formula is C14H20N2O4. The zero-order chi connectivity index (χ0) is 15.7. The van der Waals surface area contributed by atoms with Crippen molar-refractivity contribution < 1.29 is 19.5 Å². The summed E-state index contributed by atoms with van der Waals surface area (Å²) in [6.45, 7) is 6.36. The van der Waals surface area contributed by atoms with Crippen LogP contribution in [0.5, 0.6) is 0 Å². The van der Waals surface area contributed by atoms with Crippen LogP contribution in [-0.2, 0) is 11.8 Å². The quantitative estimate of drug-likeness (QED) is 0.470. The molecule has 6 nitrogen and oxygen atoms in total. The molecule has 1 aromatic heterocycles. The monoisotopic (exact) mass is 280 g/mol. The van der Waals surface area contributed by atoms with Crippen molar-refractivity contribution in [3.05, 3.63) is 23.0 Å². The van der Waals surface area contributed by atoms with Crippen molar-refractivity contribution in [1.82, 2.24) is 9.88 Å². The summed E-state index contributed by atoms with van der Waals surface area (Å²) in [7, 11) is 1.65. The van der Waals surface area contributed by atoms with Gasteiger partial charge in [0.15, 0.2) is 6.29 Å². The fraction of sp³-hybridized carbons (Fsp3) is 0.500. The van der Waals surface area contributed by atoms with Gasteiger partial charge in [0.05, 0.1) is 17.3 Å². The summed E-state index contributed by atoms with van der Waals surface area (Å²) in [5, 5.41) is 12.2. The number of nitrogens with one attached hydrogen (secondary N) is 1. The average molecular weight is 280 g/mol. The lowest BCUT2D eigenvalue weighted by Crippen LogP contribution is -2.49. The van der Waals surface area contributed by atoms with E-state index in [-0.39, 0.29) is 5.56 Å². The highest BCUT2D eigenvalue weighted by molar-refractivity contribution is 6.43. The predicted molar refractivity (Wildman–Crippen MR) is 73.8 cm³/mol. The topological polar surface area (TPSA) is 88.4 Å². The molecule has 1 amide bonds. The largest absolute Gasteiger partial charge is 0.388 e. The van der Waals surface area contributed by atoms with Crippen molar-refractivity contribution >= 4 is 18.0 Å². The maximum absolute atomic E-state index is 12.1. The van der Waals surface area contributed by atoms with Crippen molar-refractivity contribution in [3.8, 4) is 0 Å². The summed E-state index contributed by atoms with van der Waals surface area (Å²) in [5.41, 5.74) is -0.0669. The first kappa shape index (κ1) is 16.1. The van der Waals surface area contributed by atoms with Crippen molar-refractivity contribution in [1.29, 1.82) is 0 Å². The second kappa shape index (κ2) is 5.58. The van der Waals surface area contributed by atoms with Gasteiger partial charge in [-0.05, 0) is 33.8 Å². The van der Waals surface area contributed by atoms with Gasteiger partial charge in [0.25, 0.3) is 11.7 Å². The Morgan fingerprint density at radius 1 is 1.45 bits per heavy atom. The minimum Gasteiger partial charge on any atom is -0.388 e. The highest BCUT2D eigenvalue weighted by Crippen LogP contribution is 2.14. The highest BCUT2D eigenvalue weighted by atomic mass is 16.3. The van der Waals surface area contributed by atoms with Crippen LogP contribution in [0.1, 0.15) is 47.3 Å². The SMILES string of the molecule is Cc1c(C(=O)C(=O)NC(C)C(C)(C)O)cc(C=O)n1C. The first-order chi connectivity index (χ1) is 9.09. The molecule has 0 aromatic carbocycles. The molecule has 110 valence electrons. The summed E-state index contributed by atoms with van der Waals surface area (Å²) in [6.07, 6.45) is 0.626. The molecule has 0 aliphatic heterocycles. The number of Topliss-reactive ketones (excluding diaryl/α,β-unsaturated/α-hetero) is 1. The number of aromatic nitrogens is 1. The molecule has 6 heteroatoms. The van der Waals surface area contributed by atoms with Gasteiger partial charge in [-0.25, -0.2) is 0 Å². The number of ketones is 1. The standard InChI is InChI=1S/C14H20N2O4/c1-8-11(6-10(7-17)16(8)5)12(18)13(19)15-9(2)14(3,4)20/h6-7,9,20H,1-5H3,(H,15,19). The molecule has 0 spiro atoms. The number of carbonyl (C=O) groups is 3. The average Bonchev–Trinajstić information content (AvgIpc) is 2.63. The van der Waals surface area contributed by atoms with Crippen LogP contribution in [-0.4, -0.2) is 39.3 Å². The fourth-order valence-corrected chi connectivity index (χ4v) is 1.63. The summed E-state index contributed by atoms with van der Waals surface area (Å²) in [4.78, 5) is 34.8. The summed E-state index contributed by atoms with van der Waals surface area (Å²) < 4.78 is 1.55. The zero-order valence-electron chi connectivity index (χ0n) is 12.4. The Morgan fingerprint density at radius 3 is 2.40 bits per heavy atom. The number of hydrogen-bond donors (Lipinski definition) is 2. The summed E-state index contributed by atoms with van der Waals surface area (Å²) in [6, 6.07) is 0.812. The van der Waals surface area contributed by atoms with Gasteiger partial charge in [0.1, 0.15) is 0 Å². The van der Waals surface area contributed by atoms with E-state index in [1.165, 1.54) is 6.07 Å². The summed E-state index contributed by atoms with van der Waals surface area (Å²) in [5.74, 6) is -1.52. The van der Waals surface area contributed by atoms with Crippen molar-refractivity contribution in [3.63, 3.8) is 0 Å². The molecule has 0 radical (unpaired) electrons. The molecule has 1 atom stereocenters. The zero-order valence-corrected chi connectivity index (χ0v) is 12.4. The van der Waals surface area contributed by atoms with Crippen molar-refractivity contribution in [2.45, 2.75) is 39.3 Å². The van der Waals surface area contributed by atoms with E-state index < -0.39 is 23.3 Å². The summed E-state index contributed by atoms with van der Waals surface area (Å²) >= 11 is 0. The third kappa shape index (κ3) is 3.14. The molecule has 1 aromatic rings. The Balaban J connectivity index is 2.96. The highest BCUT2D eigenvalue weighted by Gasteiger charge is 2.28. The third-order valence-electron chi connectivity index (χ3n) is 3.55. The van der Waals surface area contributed by atoms with Gasteiger partial charge in [0.2, 0.25) is 0 Å². The molecule has 0 aliphatic carbocycles. The number of amides is 1. The second-order valence-corrected chi connectivity index (χ2v) is 5.42. The number of carbonyl (C=O) groups excluding carboxylic acids is 3. The first-order valence-electron chi connectivity index (χ1n) is 6.28. The Kier molecular flexibility index (Phi) is 4.50. The normalized spacial score (nSPS) is 12.9. The first-order valence-corrected chi connectivity index (χ1v) is 6.28. The van der Waals surface area contributed by atoms with Gasteiger partial charge in [0, 0.05) is 18.3 Å². The molecule has 1 unspecified atom stereocenters. The molecule has 0 saturated heterocycles. The number of aliphatic hydroxyl groups is 1. The van der Waals surface area contributed by atoms with E-state index in [2.05, 4.69) is 5.32 Å². The minimum absolute atomic E-state index is 0.190. The maximum Gasteiger partial charge on any atom is 0.292 e. The van der Waals surface area contributed by atoms with E-state index in [0.717, 1.165) is 0 Å². The van der Waals surface area contributed by atoms with Gasteiger partial charge < -0.3 is 15.0 Å². The lowest BCUT2D eigenvalue weighted by atomic mass is 10.0. The molecule has 1 heterocycles. The minimum atomic E-state index is -1.13. The van der Waals surface area contributed by atoms with E-state index in [0.29, 0.717) is 17.7 Å². The molecule has 20 heavy (non-hydrogen) atoms. The van der Waals surface area contributed by atoms with Crippen LogP contribution in [0, 0.1) is 6.92 Å². The smallest absolute Gasteiger partial charge is 0.292 e. The van der Waals surface area contributed by atoms with Gasteiger partial charge in [-0.2, -0.15) is 0 Å². The molecule has 0 aliphatic rings. The molecule has 0 bridgehead atoms. The molecule has 0 saturated carbocycles. The van der Waals surface area contributed by atoms with E-state index in [1.807, 2.05) is 0 Å². The van der Waals surface area contributed by atoms with Gasteiger partial charge >= 0.3 is 0 Å². The van der Waals surface area contributed by atoms with Crippen LogP contribution in [0.15, 0.2) is 6.07 Å². The van der Waals surface area contributed by atoms with Crippen LogP contribution in [0.3, 0.4) is 0 Å². The van der Waals surface area contributed by atoms with Gasteiger partial charge in [-0.3, -0.25) is 14.4 Å². The number of aldehydes is 1. The van der Waals surface area contributed by atoms with Crippen LogP contribution >= 0.6 is 0 Å². The fourth-order valence-electron chi connectivity index (χ4n) is 1.63. The second-order valence-electron chi connectivity index (χ2n) is 5.42. The number of nitrogens with zero attached hydrogens (tertiary/aromatic N) is 1. The molecular weight excluding hydrogens is 260 g/mol. The molecule has 0 fully saturated rings. The third-order valence-corrected chi connectivity index (χ3v) is 3.55. The lowest BCUT2D eigenvalue weighted by molar-refractivity contribution is -0.119. The maximum atomic E-state index is 12.1. The van der Waals surface area contributed by atoms with Crippen LogP contribution in [0.4, 0.5) is 0 Å². The van der Waals surface area contributed by atoms with Gasteiger partial charge in [-0.1, -0.05) is 0 Å². The van der Waals surface area contributed by atoms with Crippen LogP contribution in [0.2, 0.25) is 0 Å². The van der Waals surface area contributed by atoms with Crippen molar-refractivity contribution in [2.24, 2.45) is 7.05 Å². The van der Waals surface area contributed by atoms with E-state index in [1.54, 1.807) is 39.3 Å². The van der Waals surface area contributed by atoms with Crippen molar-refractivity contribution in [2.75, 3.05) is 0 Å². The van der Waals surface area contributed by atoms with E-state index in [9.17, 15) is 19.5 Å². The Hall–Kier alpha value is -1.95. The Morgan fingerprint density at radius 2 is 2.00 bits per heavy atom. The van der Waals surface area contributed by atoms with Crippen LogP contribution in [0.25, 0.3) is 0 Å². The molecule has 1 rings (SSSR count). The lowest BCUT2D eigenvalue weighted by Gasteiger charge is -2.26. The van der Waals surface area contributed by atoms with E-state index in [4.69, 9.17) is 0 Å². The molecule has 2 N–H and O–H groups in total. The van der Waals surface area contributed by atoms with Crippen LogP contribution < -0.4 is 5.32 Å². The van der Waals surface area contributed by atoms with Gasteiger partial charge in [-0.15, -0.1) is 0 Å². The predicted octanol–water partition coefficient (Wildman–Crippen LogP) is 0.604. The number of hydrogen-bond acceptors (Lipinski definition) is 4.